The van der Waals surface area contributed by atoms with Crippen LogP contribution in [0, 0.1) is 5.82 Å². The summed E-state index contributed by atoms with van der Waals surface area (Å²) in [5.74, 6) is -1.06. The van der Waals surface area contributed by atoms with Crippen LogP contribution < -0.4 is 20.2 Å². The fourth-order valence-electron chi connectivity index (χ4n) is 2.08. The summed E-state index contributed by atoms with van der Waals surface area (Å²) in [6, 6.07) is 10.2. The van der Waals surface area contributed by atoms with Gasteiger partial charge < -0.3 is 14.8 Å². The van der Waals surface area contributed by atoms with E-state index in [0.717, 1.165) is 0 Å². The monoisotopic (exact) mass is 343 g/mol. The Hall–Kier alpha value is -3.42. The number of hydrogen-bond donors (Lipinski definition) is 2. The molecule has 8 heteroatoms. The van der Waals surface area contributed by atoms with Crippen LogP contribution >= 0.6 is 0 Å². The molecule has 128 valence electrons. The van der Waals surface area contributed by atoms with Gasteiger partial charge in [-0.1, -0.05) is 0 Å². The molecule has 0 saturated heterocycles. The lowest BCUT2D eigenvalue weighted by molar-refractivity contribution is -0.136. The molecule has 25 heavy (non-hydrogen) atoms. The van der Waals surface area contributed by atoms with E-state index >= 15 is 0 Å². The number of fused-ring (bicyclic) bond motifs is 1. The number of amides is 2. The number of carbonyl (C=O) groups is 2. The predicted molar refractivity (Wildman–Crippen MR) is 88.2 cm³/mol. The highest BCUT2D eigenvalue weighted by atomic mass is 19.1. The molecule has 2 aromatic rings. The maximum Gasteiger partial charge on any atom is 0.329 e. The number of nitrogens with one attached hydrogen (secondary N) is 2. The van der Waals surface area contributed by atoms with Crippen LogP contribution in [-0.4, -0.2) is 31.2 Å². The molecule has 7 nitrogen and oxygen atoms in total. The number of carbonyl (C=O) groups excluding carboxylic acids is 2. The summed E-state index contributed by atoms with van der Waals surface area (Å²) in [7, 11) is 0. The number of halogens is 1. The van der Waals surface area contributed by atoms with Crippen molar-refractivity contribution in [2.45, 2.75) is 0 Å². The third-order valence-corrected chi connectivity index (χ3v) is 3.25. The molecular formula is C17H14FN3O4. The van der Waals surface area contributed by atoms with Crippen LogP contribution in [0.15, 0.2) is 47.6 Å². The number of rotatable bonds is 3. The first kappa shape index (κ1) is 16.4. The maximum absolute atomic E-state index is 12.8. The van der Waals surface area contributed by atoms with E-state index in [0.29, 0.717) is 36.0 Å². The summed E-state index contributed by atoms with van der Waals surface area (Å²) in [4.78, 5) is 23.4. The number of nitrogens with zero attached hydrogens (tertiary/aromatic N) is 1. The minimum absolute atomic E-state index is 0.303. The second kappa shape index (κ2) is 7.43. The Bertz CT molecular complexity index is 821. The van der Waals surface area contributed by atoms with Crippen molar-refractivity contribution < 1.29 is 23.5 Å². The molecule has 0 saturated carbocycles. The predicted octanol–water partition coefficient (Wildman–Crippen LogP) is 1.69. The van der Waals surface area contributed by atoms with E-state index in [9.17, 15) is 14.0 Å². The van der Waals surface area contributed by atoms with Crippen molar-refractivity contribution in [2.75, 3.05) is 18.5 Å². The van der Waals surface area contributed by atoms with Gasteiger partial charge in [0.05, 0.1) is 6.21 Å². The molecule has 2 amide bonds. The fourth-order valence-corrected chi connectivity index (χ4v) is 2.08. The van der Waals surface area contributed by atoms with E-state index in [2.05, 4.69) is 15.8 Å². The average Bonchev–Trinajstić information content (AvgIpc) is 2.63. The highest BCUT2D eigenvalue weighted by molar-refractivity contribution is 6.39. The summed E-state index contributed by atoms with van der Waals surface area (Å²) in [5.41, 5.74) is 3.09. The van der Waals surface area contributed by atoms with Crippen molar-refractivity contribution >= 4 is 23.7 Å². The minimum atomic E-state index is -0.946. The van der Waals surface area contributed by atoms with Gasteiger partial charge >= 0.3 is 11.8 Å². The van der Waals surface area contributed by atoms with E-state index in [4.69, 9.17) is 9.47 Å². The SMILES string of the molecule is O=C(N/N=C/c1ccc2c(c1)OCCO2)C(=O)Nc1ccc(F)cc1. The lowest BCUT2D eigenvalue weighted by Crippen LogP contribution is -2.32. The quantitative estimate of drug-likeness (QED) is 0.504. The van der Waals surface area contributed by atoms with E-state index in [-0.39, 0.29) is 0 Å². The highest BCUT2D eigenvalue weighted by Crippen LogP contribution is 2.30. The fraction of sp³-hybridized carbons (Fsp3) is 0.118. The Morgan fingerprint density at radius 3 is 2.48 bits per heavy atom. The second-order valence-electron chi connectivity index (χ2n) is 5.06. The van der Waals surface area contributed by atoms with Gasteiger partial charge in [-0.05, 0) is 48.0 Å². The molecule has 0 atom stereocenters. The molecular weight excluding hydrogens is 329 g/mol. The lowest BCUT2D eigenvalue weighted by Gasteiger charge is -2.18. The maximum atomic E-state index is 12.8. The Morgan fingerprint density at radius 2 is 1.72 bits per heavy atom. The first-order chi connectivity index (χ1) is 12.1. The molecule has 0 aromatic heterocycles. The first-order valence-electron chi connectivity index (χ1n) is 7.41. The topological polar surface area (TPSA) is 89.0 Å². The second-order valence-corrected chi connectivity index (χ2v) is 5.06. The van der Waals surface area contributed by atoms with Crippen molar-refractivity contribution in [2.24, 2.45) is 5.10 Å². The van der Waals surface area contributed by atoms with Crippen LogP contribution in [0.1, 0.15) is 5.56 Å². The summed E-state index contributed by atoms with van der Waals surface area (Å²) in [5, 5.41) is 6.06. The van der Waals surface area contributed by atoms with Crippen LogP contribution in [-0.2, 0) is 9.59 Å². The van der Waals surface area contributed by atoms with Gasteiger partial charge in [0.2, 0.25) is 0 Å². The third kappa shape index (κ3) is 4.31. The van der Waals surface area contributed by atoms with Gasteiger partial charge in [0.15, 0.2) is 11.5 Å². The van der Waals surface area contributed by atoms with Crippen LogP contribution in [0.3, 0.4) is 0 Å². The van der Waals surface area contributed by atoms with Gasteiger partial charge in [0, 0.05) is 5.69 Å². The zero-order chi connectivity index (χ0) is 17.6. The third-order valence-electron chi connectivity index (χ3n) is 3.25. The molecule has 1 aliphatic heterocycles. The molecule has 2 N–H and O–H groups in total. The normalized spacial score (nSPS) is 12.7. The van der Waals surface area contributed by atoms with Crippen LogP contribution in [0.25, 0.3) is 0 Å². The summed E-state index contributed by atoms with van der Waals surface area (Å²) in [6.45, 7) is 0.966. The molecule has 0 fully saturated rings. The Balaban J connectivity index is 1.55. The first-order valence-corrected chi connectivity index (χ1v) is 7.41. The number of benzene rings is 2. The van der Waals surface area contributed by atoms with Crippen molar-refractivity contribution in [3.63, 3.8) is 0 Å². The molecule has 0 bridgehead atoms. The Kier molecular flexibility index (Phi) is 4.89. The van der Waals surface area contributed by atoms with Crippen molar-refractivity contribution in [1.29, 1.82) is 0 Å². The van der Waals surface area contributed by atoms with Crippen LogP contribution in [0.2, 0.25) is 0 Å². The van der Waals surface area contributed by atoms with E-state index < -0.39 is 17.6 Å². The van der Waals surface area contributed by atoms with Crippen molar-refractivity contribution in [3.05, 3.63) is 53.8 Å². The van der Waals surface area contributed by atoms with Gasteiger partial charge in [0.25, 0.3) is 0 Å². The number of anilines is 1. The summed E-state index contributed by atoms with van der Waals surface area (Å²) < 4.78 is 23.6. The van der Waals surface area contributed by atoms with Crippen LogP contribution in [0.5, 0.6) is 11.5 Å². The van der Waals surface area contributed by atoms with Gasteiger partial charge in [-0.3, -0.25) is 9.59 Å². The Morgan fingerprint density at radius 1 is 1.00 bits per heavy atom. The van der Waals surface area contributed by atoms with Gasteiger partial charge in [-0.15, -0.1) is 0 Å². The van der Waals surface area contributed by atoms with Crippen molar-refractivity contribution in [1.82, 2.24) is 5.43 Å². The molecule has 0 unspecified atom stereocenters. The molecule has 1 aliphatic rings. The highest BCUT2D eigenvalue weighted by Gasteiger charge is 2.13. The largest absolute Gasteiger partial charge is 0.486 e. The van der Waals surface area contributed by atoms with E-state index in [1.165, 1.54) is 30.5 Å². The zero-order valence-electron chi connectivity index (χ0n) is 13.0. The van der Waals surface area contributed by atoms with Crippen LogP contribution in [0.4, 0.5) is 10.1 Å². The summed E-state index contributed by atoms with van der Waals surface area (Å²) in [6.07, 6.45) is 1.38. The molecule has 0 aliphatic carbocycles. The number of ether oxygens (including phenoxy) is 2. The van der Waals surface area contributed by atoms with Gasteiger partial charge in [0.1, 0.15) is 19.0 Å². The van der Waals surface area contributed by atoms with E-state index in [1.807, 2.05) is 0 Å². The smallest absolute Gasteiger partial charge is 0.329 e. The zero-order valence-corrected chi connectivity index (χ0v) is 13.0. The molecule has 0 radical (unpaired) electrons. The number of hydrazone groups is 1. The van der Waals surface area contributed by atoms with Crippen molar-refractivity contribution in [3.8, 4) is 11.5 Å². The molecule has 0 spiro atoms. The summed E-state index contributed by atoms with van der Waals surface area (Å²) >= 11 is 0. The molecule has 3 rings (SSSR count). The lowest BCUT2D eigenvalue weighted by atomic mass is 10.2. The average molecular weight is 343 g/mol. The Labute approximate surface area is 142 Å². The van der Waals surface area contributed by atoms with Gasteiger partial charge in [-0.2, -0.15) is 5.10 Å². The van der Waals surface area contributed by atoms with E-state index in [1.54, 1.807) is 18.2 Å². The standard InChI is InChI=1S/C17H14FN3O4/c18-12-2-4-13(5-3-12)20-16(22)17(23)21-19-10-11-1-6-14-15(9-11)25-8-7-24-14/h1-6,9-10H,7-8H2,(H,20,22)(H,21,23)/b19-10+. The molecule has 1 heterocycles. The van der Waals surface area contributed by atoms with Gasteiger partial charge in [-0.25, -0.2) is 9.82 Å². The molecule has 2 aromatic carbocycles. The number of hydrogen-bond acceptors (Lipinski definition) is 5. The minimum Gasteiger partial charge on any atom is -0.486 e.